The van der Waals surface area contributed by atoms with E-state index >= 15 is 0 Å². The van der Waals surface area contributed by atoms with Gasteiger partial charge >= 0.3 is 0 Å². The van der Waals surface area contributed by atoms with E-state index in [1.54, 1.807) is 0 Å². The molecular weight excluding hydrogens is 222 g/mol. The highest BCUT2D eigenvalue weighted by Crippen LogP contribution is 2.32. The van der Waals surface area contributed by atoms with Crippen LogP contribution in [0, 0.1) is 0 Å². The van der Waals surface area contributed by atoms with Crippen LogP contribution in [-0.4, -0.2) is 58.2 Å². The number of fused-ring (bicyclic) bond motifs is 1. The molecule has 3 heteroatoms. The summed E-state index contributed by atoms with van der Waals surface area (Å²) in [6, 6.07) is 0. The van der Waals surface area contributed by atoms with Gasteiger partial charge in [-0.1, -0.05) is 0 Å². The third kappa shape index (κ3) is 2.73. The van der Waals surface area contributed by atoms with Crippen LogP contribution in [0.3, 0.4) is 0 Å². The largest absolute Gasteiger partial charge is 0.275 e. The molecule has 0 bridgehead atoms. The highest BCUT2D eigenvalue weighted by molar-refractivity contribution is 4.93. The molecule has 2 rings (SSSR count). The van der Waals surface area contributed by atoms with E-state index in [-0.39, 0.29) is 11.1 Å². The number of rotatable bonds is 0. The molecule has 0 aromatic heterocycles. The summed E-state index contributed by atoms with van der Waals surface area (Å²) in [7, 11) is 0. The first-order valence-electron chi connectivity index (χ1n) is 7.49. The molecule has 2 fully saturated rings. The summed E-state index contributed by atoms with van der Waals surface area (Å²) in [5.74, 6) is 0. The first kappa shape index (κ1) is 14.3. The van der Waals surface area contributed by atoms with Crippen molar-refractivity contribution in [2.75, 3.05) is 26.2 Å². The summed E-state index contributed by atoms with van der Waals surface area (Å²) in [5, 5.41) is 0. The molecular formula is C15H31N3. The fourth-order valence-corrected chi connectivity index (χ4v) is 3.39. The summed E-state index contributed by atoms with van der Waals surface area (Å²) in [6.45, 7) is 19.1. The summed E-state index contributed by atoms with van der Waals surface area (Å²) < 4.78 is 0. The zero-order valence-electron chi connectivity index (χ0n) is 13.2. The van der Waals surface area contributed by atoms with Crippen LogP contribution in [-0.2, 0) is 0 Å². The lowest BCUT2D eigenvalue weighted by Gasteiger charge is -2.59. The predicted octanol–water partition coefficient (Wildman–Crippen LogP) is 2.58. The molecule has 0 amide bonds. The van der Waals surface area contributed by atoms with Crippen molar-refractivity contribution in [2.45, 2.75) is 71.8 Å². The molecule has 0 N–H and O–H groups in total. The molecule has 3 nitrogen and oxygen atoms in total. The maximum absolute atomic E-state index is 2.70. The molecule has 0 aromatic rings. The van der Waals surface area contributed by atoms with Gasteiger partial charge in [0.2, 0.25) is 0 Å². The SMILES string of the molecule is CC(C)(C)N1CCCN2CCCN(C(C)(C)C)C21. The Bertz CT molecular complexity index is 259. The average Bonchev–Trinajstić information content (AvgIpc) is 2.24. The van der Waals surface area contributed by atoms with Crippen molar-refractivity contribution < 1.29 is 0 Å². The maximum Gasteiger partial charge on any atom is 0.120 e. The maximum atomic E-state index is 2.70. The van der Waals surface area contributed by atoms with Gasteiger partial charge in [0.15, 0.2) is 0 Å². The third-order valence-electron chi connectivity index (χ3n) is 4.30. The van der Waals surface area contributed by atoms with E-state index in [4.69, 9.17) is 0 Å². The predicted molar refractivity (Wildman–Crippen MR) is 77.5 cm³/mol. The minimum absolute atomic E-state index is 0.254. The molecule has 0 spiro atoms. The molecule has 2 aliphatic rings. The first-order chi connectivity index (χ1) is 8.21. The van der Waals surface area contributed by atoms with E-state index in [1.165, 1.54) is 39.0 Å². The van der Waals surface area contributed by atoms with E-state index in [2.05, 4.69) is 56.2 Å². The topological polar surface area (TPSA) is 9.72 Å². The smallest absolute Gasteiger partial charge is 0.120 e. The van der Waals surface area contributed by atoms with Gasteiger partial charge in [-0.05, 0) is 54.4 Å². The van der Waals surface area contributed by atoms with Crippen LogP contribution < -0.4 is 0 Å². The number of hydrogen-bond acceptors (Lipinski definition) is 3. The van der Waals surface area contributed by atoms with Crippen molar-refractivity contribution >= 4 is 0 Å². The van der Waals surface area contributed by atoms with E-state index in [1.807, 2.05) is 0 Å². The minimum atomic E-state index is 0.254. The third-order valence-corrected chi connectivity index (χ3v) is 4.30. The Morgan fingerprint density at radius 3 is 1.39 bits per heavy atom. The monoisotopic (exact) mass is 253 g/mol. The van der Waals surface area contributed by atoms with Crippen LogP contribution in [0.15, 0.2) is 0 Å². The first-order valence-corrected chi connectivity index (χ1v) is 7.49. The number of hydrogen-bond donors (Lipinski definition) is 0. The Morgan fingerprint density at radius 1 is 0.667 bits per heavy atom. The molecule has 0 radical (unpaired) electrons. The van der Waals surface area contributed by atoms with Crippen molar-refractivity contribution in [1.82, 2.24) is 14.7 Å². The zero-order valence-corrected chi connectivity index (χ0v) is 13.2. The Morgan fingerprint density at radius 2 is 1.06 bits per heavy atom. The molecule has 0 aliphatic carbocycles. The fraction of sp³-hybridized carbons (Fsp3) is 1.00. The normalized spacial score (nSPS) is 26.3. The number of nitrogens with zero attached hydrogens (tertiary/aromatic N) is 3. The van der Waals surface area contributed by atoms with Gasteiger partial charge in [-0.25, -0.2) is 0 Å². The van der Waals surface area contributed by atoms with Crippen molar-refractivity contribution in [2.24, 2.45) is 0 Å². The van der Waals surface area contributed by atoms with E-state index in [0.717, 1.165) is 0 Å². The Balaban J connectivity index is 2.27. The second-order valence-corrected chi connectivity index (χ2v) is 7.82. The Kier molecular flexibility index (Phi) is 3.79. The molecule has 0 saturated carbocycles. The van der Waals surface area contributed by atoms with Gasteiger partial charge in [-0.15, -0.1) is 0 Å². The van der Waals surface area contributed by atoms with Gasteiger partial charge in [0.1, 0.15) is 6.29 Å². The van der Waals surface area contributed by atoms with Crippen molar-refractivity contribution in [3.05, 3.63) is 0 Å². The van der Waals surface area contributed by atoms with Crippen LogP contribution in [0.1, 0.15) is 54.4 Å². The van der Waals surface area contributed by atoms with Crippen LogP contribution in [0.4, 0.5) is 0 Å². The van der Waals surface area contributed by atoms with E-state index in [9.17, 15) is 0 Å². The average molecular weight is 253 g/mol. The molecule has 0 atom stereocenters. The summed E-state index contributed by atoms with van der Waals surface area (Å²) >= 11 is 0. The van der Waals surface area contributed by atoms with Crippen LogP contribution >= 0.6 is 0 Å². The molecule has 2 saturated heterocycles. The van der Waals surface area contributed by atoms with E-state index < -0.39 is 0 Å². The minimum Gasteiger partial charge on any atom is -0.275 e. The van der Waals surface area contributed by atoms with Gasteiger partial charge in [0.05, 0.1) is 0 Å². The standard InChI is InChI=1S/C15H31N3/c1-14(2,3)17-11-7-9-16-10-8-12-18(13(16)17)15(4,5)6/h13H,7-12H2,1-6H3. The lowest BCUT2D eigenvalue weighted by molar-refractivity contribution is -0.176. The second kappa shape index (κ2) is 4.77. The molecule has 18 heavy (non-hydrogen) atoms. The van der Waals surface area contributed by atoms with Gasteiger partial charge in [0.25, 0.3) is 0 Å². The quantitative estimate of drug-likeness (QED) is 0.657. The molecule has 0 unspecified atom stereocenters. The molecule has 0 aromatic carbocycles. The van der Waals surface area contributed by atoms with Gasteiger partial charge < -0.3 is 0 Å². The van der Waals surface area contributed by atoms with Crippen LogP contribution in [0.5, 0.6) is 0 Å². The second-order valence-electron chi connectivity index (χ2n) is 7.82. The molecule has 106 valence electrons. The summed E-state index contributed by atoms with van der Waals surface area (Å²) in [6.07, 6.45) is 3.13. The highest BCUT2D eigenvalue weighted by Gasteiger charge is 2.44. The van der Waals surface area contributed by atoms with Gasteiger partial charge in [-0.2, -0.15) is 0 Å². The fourth-order valence-electron chi connectivity index (χ4n) is 3.39. The van der Waals surface area contributed by atoms with Crippen LogP contribution in [0.25, 0.3) is 0 Å². The molecule has 2 heterocycles. The summed E-state index contributed by atoms with van der Waals surface area (Å²) in [4.78, 5) is 8.07. The van der Waals surface area contributed by atoms with Crippen molar-refractivity contribution in [3.8, 4) is 0 Å². The van der Waals surface area contributed by atoms with Gasteiger partial charge in [-0.3, -0.25) is 14.7 Å². The Labute approximate surface area is 113 Å². The van der Waals surface area contributed by atoms with Crippen molar-refractivity contribution in [3.63, 3.8) is 0 Å². The van der Waals surface area contributed by atoms with Crippen LogP contribution in [0.2, 0.25) is 0 Å². The molecule has 2 aliphatic heterocycles. The summed E-state index contributed by atoms with van der Waals surface area (Å²) in [5.41, 5.74) is 0.508. The zero-order chi connectivity index (χ0) is 13.6. The Hall–Kier alpha value is -0.120. The highest BCUT2D eigenvalue weighted by atomic mass is 15.6. The lowest BCUT2D eigenvalue weighted by atomic mass is 9.98. The van der Waals surface area contributed by atoms with Crippen molar-refractivity contribution in [1.29, 1.82) is 0 Å². The lowest BCUT2D eigenvalue weighted by Crippen LogP contribution is -2.71. The van der Waals surface area contributed by atoms with Gasteiger partial charge in [0, 0.05) is 37.3 Å². The van der Waals surface area contributed by atoms with E-state index in [0.29, 0.717) is 6.29 Å².